The van der Waals surface area contributed by atoms with Crippen LogP contribution in [0.4, 0.5) is 0 Å². The number of aryl methyl sites for hydroxylation is 1. The molecule has 0 spiro atoms. The highest BCUT2D eigenvalue weighted by atomic mass is 32.2. The van der Waals surface area contributed by atoms with Crippen LogP contribution in [0.1, 0.15) is 23.6 Å². The standard InChI is InChI=1S/C13H14OS/c1-10-6-4-7-13(11(10)2)8-5-9-15-12(3)14/h4,6-7H,9H2,1-3H3. The van der Waals surface area contributed by atoms with Crippen LogP contribution >= 0.6 is 11.8 Å². The van der Waals surface area contributed by atoms with Crippen LogP contribution in [0.5, 0.6) is 0 Å². The summed E-state index contributed by atoms with van der Waals surface area (Å²) >= 11 is 1.25. The van der Waals surface area contributed by atoms with E-state index in [0.717, 1.165) is 5.56 Å². The average molecular weight is 218 g/mol. The van der Waals surface area contributed by atoms with Gasteiger partial charge in [-0.05, 0) is 31.0 Å². The van der Waals surface area contributed by atoms with Crippen molar-refractivity contribution in [3.05, 3.63) is 34.9 Å². The second-order valence-corrected chi connectivity index (χ2v) is 4.48. The summed E-state index contributed by atoms with van der Waals surface area (Å²) < 4.78 is 0. The monoisotopic (exact) mass is 218 g/mol. The van der Waals surface area contributed by atoms with Crippen molar-refractivity contribution in [1.29, 1.82) is 0 Å². The lowest BCUT2D eigenvalue weighted by Crippen LogP contribution is -1.87. The third-order valence-corrected chi connectivity index (χ3v) is 2.87. The maximum absolute atomic E-state index is 10.7. The summed E-state index contributed by atoms with van der Waals surface area (Å²) in [5, 5.41) is 0.116. The predicted octanol–water partition coefficient (Wildman–Crippen LogP) is 2.93. The normalized spacial score (nSPS) is 9.27. The fraction of sp³-hybridized carbons (Fsp3) is 0.308. The zero-order chi connectivity index (χ0) is 11.3. The molecule has 0 saturated carbocycles. The van der Waals surface area contributed by atoms with Crippen LogP contribution in [-0.4, -0.2) is 10.9 Å². The van der Waals surface area contributed by atoms with Gasteiger partial charge in [0.05, 0.1) is 5.75 Å². The predicted molar refractivity (Wildman–Crippen MR) is 65.9 cm³/mol. The maximum Gasteiger partial charge on any atom is 0.186 e. The van der Waals surface area contributed by atoms with Gasteiger partial charge in [-0.1, -0.05) is 35.7 Å². The summed E-state index contributed by atoms with van der Waals surface area (Å²) in [6.45, 7) is 5.70. The zero-order valence-corrected chi connectivity index (χ0v) is 10.1. The summed E-state index contributed by atoms with van der Waals surface area (Å²) in [5.41, 5.74) is 3.53. The van der Waals surface area contributed by atoms with Crippen molar-refractivity contribution in [2.45, 2.75) is 20.8 Å². The second-order valence-electron chi connectivity index (χ2n) is 3.33. The first kappa shape index (κ1) is 11.9. The Morgan fingerprint density at radius 2 is 2.13 bits per heavy atom. The molecule has 0 heterocycles. The van der Waals surface area contributed by atoms with Crippen LogP contribution in [0.25, 0.3) is 0 Å². The fourth-order valence-corrected chi connectivity index (χ4v) is 1.50. The molecule has 0 amide bonds. The number of rotatable bonds is 1. The molecule has 0 aromatic heterocycles. The zero-order valence-electron chi connectivity index (χ0n) is 9.26. The Morgan fingerprint density at radius 3 is 2.80 bits per heavy atom. The number of carbonyl (C=O) groups excluding carboxylic acids is 1. The smallest absolute Gasteiger partial charge is 0.186 e. The van der Waals surface area contributed by atoms with E-state index in [1.54, 1.807) is 6.92 Å². The van der Waals surface area contributed by atoms with Crippen molar-refractivity contribution in [1.82, 2.24) is 0 Å². The van der Waals surface area contributed by atoms with E-state index < -0.39 is 0 Å². The van der Waals surface area contributed by atoms with Gasteiger partial charge in [0, 0.05) is 12.5 Å². The minimum absolute atomic E-state index is 0.116. The van der Waals surface area contributed by atoms with E-state index in [1.165, 1.54) is 22.9 Å². The first-order chi connectivity index (χ1) is 7.11. The van der Waals surface area contributed by atoms with E-state index in [-0.39, 0.29) is 5.12 Å². The molecule has 0 bridgehead atoms. The molecular formula is C13H14OS. The first-order valence-corrected chi connectivity index (χ1v) is 5.78. The molecule has 0 atom stereocenters. The van der Waals surface area contributed by atoms with E-state index in [4.69, 9.17) is 0 Å². The minimum atomic E-state index is 0.116. The SMILES string of the molecule is CC(=O)SCC#Cc1cccc(C)c1C. The van der Waals surface area contributed by atoms with Crippen molar-refractivity contribution in [2.75, 3.05) is 5.75 Å². The van der Waals surface area contributed by atoms with Gasteiger partial charge < -0.3 is 0 Å². The van der Waals surface area contributed by atoms with Crippen LogP contribution in [-0.2, 0) is 4.79 Å². The molecule has 0 aliphatic carbocycles. The van der Waals surface area contributed by atoms with E-state index >= 15 is 0 Å². The molecular weight excluding hydrogens is 204 g/mol. The van der Waals surface area contributed by atoms with Crippen LogP contribution in [0, 0.1) is 25.7 Å². The molecule has 78 valence electrons. The highest BCUT2D eigenvalue weighted by Gasteiger charge is 1.96. The van der Waals surface area contributed by atoms with Gasteiger partial charge in [-0.2, -0.15) is 0 Å². The molecule has 1 rings (SSSR count). The Labute approximate surface area is 95.3 Å². The number of thioether (sulfide) groups is 1. The minimum Gasteiger partial charge on any atom is -0.288 e. The Hall–Kier alpha value is -1.20. The Kier molecular flexibility index (Phi) is 4.45. The van der Waals surface area contributed by atoms with Crippen molar-refractivity contribution < 1.29 is 4.79 Å². The third-order valence-electron chi connectivity index (χ3n) is 2.18. The quantitative estimate of drug-likeness (QED) is 0.674. The topological polar surface area (TPSA) is 17.1 Å². The molecule has 0 aliphatic rings. The molecule has 1 aromatic rings. The lowest BCUT2D eigenvalue weighted by atomic mass is 10.0. The molecule has 0 unspecified atom stereocenters. The van der Waals surface area contributed by atoms with Gasteiger partial charge in [-0.3, -0.25) is 4.79 Å². The summed E-state index contributed by atoms with van der Waals surface area (Å²) in [4.78, 5) is 10.7. The number of benzene rings is 1. The van der Waals surface area contributed by atoms with Crippen LogP contribution in [0.3, 0.4) is 0 Å². The Balaban J connectivity index is 2.72. The molecule has 15 heavy (non-hydrogen) atoms. The molecule has 0 radical (unpaired) electrons. The van der Waals surface area contributed by atoms with Gasteiger partial charge in [-0.25, -0.2) is 0 Å². The number of hydrogen-bond donors (Lipinski definition) is 0. The average Bonchev–Trinajstić information content (AvgIpc) is 2.18. The van der Waals surface area contributed by atoms with Crippen molar-refractivity contribution in [2.24, 2.45) is 0 Å². The van der Waals surface area contributed by atoms with Crippen LogP contribution in [0.15, 0.2) is 18.2 Å². The second kappa shape index (κ2) is 5.63. The van der Waals surface area contributed by atoms with E-state index in [2.05, 4.69) is 31.8 Å². The molecule has 1 aromatic carbocycles. The van der Waals surface area contributed by atoms with E-state index in [9.17, 15) is 4.79 Å². The Bertz CT molecular complexity index is 424. The summed E-state index contributed by atoms with van der Waals surface area (Å²) in [7, 11) is 0. The van der Waals surface area contributed by atoms with Gasteiger partial charge in [0.25, 0.3) is 0 Å². The summed E-state index contributed by atoms with van der Waals surface area (Å²) in [5.74, 6) is 6.65. The van der Waals surface area contributed by atoms with Crippen molar-refractivity contribution >= 4 is 16.9 Å². The molecule has 0 aliphatic heterocycles. The van der Waals surface area contributed by atoms with Crippen LogP contribution in [0.2, 0.25) is 0 Å². The lowest BCUT2D eigenvalue weighted by Gasteiger charge is -2.00. The van der Waals surface area contributed by atoms with Gasteiger partial charge in [0.2, 0.25) is 0 Å². The van der Waals surface area contributed by atoms with Gasteiger partial charge in [0.1, 0.15) is 0 Å². The summed E-state index contributed by atoms with van der Waals surface area (Å²) in [6.07, 6.45) is 0. The van der Waals surface area contributed by atoms with E-state index in [0.29, 0.717) is 5.75 Å². The molecule has 1 nitrogen and oxygen atoms in total. The van der Waals surface area contributed by atoms with Gasteiger partial charge >= 0.3 is 0 Å². The highest BCUT2D eigenvalue weighted by Crippen LogP contribution is 2.11. The third kappa shape index (κ3) is 3.81. The molecule has 0 saturated heterocycles. The summed E-state index contributed by atoms with van der Waals surface area (Å²) in [6, 6.07) is 6.09. The van der Waals surface area contributed by atoms with Gasteiger partial charge in [-0.15, -0.1) is 0 Å². The number of carbonyl (C=O) groups is 1. The molecule has 2 heteroatoms. The maximum atomic E-state index is 10.7. The Morgan fingerprint density at radius 1 is 1.40 bits per heavy atom. The van der Waals surface area contributed by atoms with Gasteiger partial charge in [0.15, 0.2) is 5.12 Å². The van der Waals surface area contributed by atoms with Crippen molar-refractivity contribution in [3.8, 4) is 11.8 Å². The van der Waals surface area contributed by atoms with Crippen molar-refractivity contribution in [3.63, 3.8) is 0 Å². The van der Waals surface area contributed by atoms with E-state index in [1.807, 2.05) is 12.1 Å². The number of hydrogen-bond acceptors (Lipinski definition) is 2. The lowest BCUT2D eigenvalue weighted by molar-refractivity contribution is -0.109. The molecule has 0 N–H and O–H groups in total. The first-order valence-electron chi connectivity index (χ1n) is 4.79. The molecule has 0 fully saturated rings. The largest absolute Gasteiger partial charge is 0.288 e. The highest BCUT2D eigenvalue weighted by molar-refractivity contribution is 8.13. The van der Waals surface area contributed by atoms with Crippen LogP contribution < -0.4 is 0 Å². The fourth-order valence-electron chi connectivity index (χ4n) is 1.16.